The van der Waals surface area contributed by atoms with E-state index in [0.29, 0.717) is 18.0 Å². The van der Waals surface area contributed by atoms with E-state index in [2.05, 4.69) is 25.8 Å². The number of rotatable bonds is 3. The standard InChI is InChI=1S/C20H28N4O2/c1-14-8-15(22-13-21-14)10-23-11-17-9-16(23)12-24(17)19(25)20-5-3-2-4-18(20)26-7-6-20/h8,13,16-18H,2-7,9-12H2,1H3/t16-,17-,18?,20?/m0/s1. The molecule has 1 aromatic heterocycles. The molecule has 4 atom stereocenters. The average Bonchev–Trinajstić information content (AvgIpc) is 3.35. The van der Waals surface area contributed by atoms with Crippen molar-refractivity contribution in [3.63, 3.8) is 0 Å². The molecule has 5 rings (SSSR count). The summed E-state index contributed by atoms with van der Waals surface area (Å²) in [6.07, 6.45) is 8.32. The number of aromatic nitrogens is 2. The number of aryl methyl sites for hydroxylation is 1. The zero-order valence-corrected chi connectivity index (χ0v) is 15.6. The molecule has 6 nitrogen and oxygen atoms in total. The molecule has 2 bridgehead atoms. The number of hydrogen-bond donors (Lipinski definition) is 0. The molecule has 1 amide bonds. The first-order valence-corrected chi connectivity index (χ1v) is 10.1. The van der Waals surface area contributed by atoms with Crippen LogP contribution in [0.5, 0.6) is 0 Å². The smallest absolute Gasteiger partial charge is 0.231 e. The van der Waals surface area contributed by atoms with Crippen LogP contribution in [0.1, 0.15) is 49.9 Å². The van der Waals surface area contributed by atoms with Crippen molar-refractivity contribution in [2.45, 2.75) is 70.2 Å². The average molecular weight is 356 g/mol. The van der Waals surface area contributed by atoms with Crippen molar-refractivity contribution in [2.75, 3.05) is 19.7 Å². The van der Waals surface area contributed by atoms with E-state index in [1.807, 2.05) is 6.92 Å². The van der Waals surface area contributed by atoms with Crippen LogP contribution in [0.2, 0.25) is 0 Å². The number of fused-ring (bicyclic) bond motifs is 3. The van der Waals surface area contributed by atoms with Crippen LogP contribution in [0.25, 0.3) is 0 Å². The first kappa shape index (κ1) is 16.6. The predicted molar refractivity (Wildman–Crippen MR) is 96.3 cm³/mol. The Morgan fingerprint density at radius 2 is 2.19 bits per heavy atom. The fraction of sp³-hybridized carbons (Fsp3) is 0.750. The van der Waals surface area contributed by atoms with Crippen molar-refractivity contribution in [2.24, 2.45) is 5.41 Å². The zero-order valence-electron chi connectivity index (χ0n) is 15.6. The van der Waals surface area contributed by atoms with Gasteiger partial charge in [0.25, 0.3) is 0 Å². The Balaban J connectivity index is 1.28. The fourth-order valence-electron chi connectivity index (χ4n) is 5.75. The molecule has 0 N–H and O–H groups in total. The summed E-state index contributed by atoms with van der Waals surface area (Å²) >= 11 is 0. The molecule has 26 heavy (non-hydrogen) atoms. The summed E-state index contributed by atoms with van der Waals surface area (Å²) in [4.78, 5) is 26.8. The molecular formula is C20H28N4O2. The summed E-state index contributed by atoms with van der Waals surface area (Å²) in [5.74, 6) is 0.393. The Labute approximate surface area is 154 Å². The highest BCUT2D eigenvalue weighted by atomic mass is 16.5. The second-order valence-electron chi connectivity index (χ2n) is 8.59. The van der Waals surface area contributed by atoms with E-state index in [4.69, 9.17) is 4.74 Å². The van der Waals surface area contributed by atoms with Crippen LogP contribution in [0.3, 0.4) is 0 Å². The largest absolute Gasteiger partial charge is 0.377 e. The summed E-state index contributed by atoms with van der Waals surface area (Å²) < 4.78 is 5.96. The molecule has 0 spiro atoms. The maximum atomic E-state index is 13.5. The van der Waals surface area contributed by atoms with Crippen molar-refractivity contribution < 1.29 is 9.53 Å². The number of nitrogens with zero attached hydrogens (tertiary/aromatic N) is 4. The molecule has 1 aliphatic carbocycles. The minimum absolute atomic E-state index is 0.169. The first-order chi connectivity index (χ1) is 12.7. The van der Waals surface area contributed by atoms with Gasteiger partial charge in [-0.3, -0.25) is 9.69 Å². The van der Waals surface area contributed by atoms with Crippen LogP contribution in [-0.4, -0.2) is 63.6 Å². The third kappa shape index (κ3) is 2.57. The summed E-state index contributed by atoms with van der Waals surface area (Å²) in [5.41, 5.74) is 1.88. The Hall–Kier alpha value is -1.53. The van der Waals surface area contributed by atoms with Crippen molar-refractivity contribution in [1.29, 1.82) is 0 Å². The van der Waals surface area contributed by atoms with E-state index in [1.165, 1.54) is 12.8 Å². The molecule has 3 saturated heterocycles. The minimum Gasteiger partial charge on any atom is -0.377 e. The van der Waals surface area contributed by atoms with Crippen molar-refractivity contribution >= 4 is 5.91 Å². The van der Waals surface area contributed by atoms with Crippen molar-refractivity contribution in [3.8, 4) is 0 Å². The van der Waals surface area contributed by atoms with Crippen LogP contribution in [0.4, 0.5) is 0 Å². The number of ether oxygens (including phenoxy) is 1. The third-order valence-corrected chi connectivity index (χ3v) is 7.09. The molecular weight excluding hydrogens is 328 g/mol. The lowest BCUT2D eigenvalue weighted by molar-refractivity contribution is -0.150. The highest BCUT2D eigenvalue weighted by Crippen LogP contribution is 2.48. The molecule has 4 heterocycles. The molecule has 0 radical (unpaired) electrons. The quantitative estimate of drug-likeness (QED) is 0.828. The van der Waals surface area contributed by atoms with Gasteiger partial charge in [-0.05, 0) is 38.7 Å². The van der Waals surface area contributed by atoms with E-state index in [0.717, 1.165) is 63.3 Å². The molecule has 4 fully saturated rings. The normalized spacial score (nSPS) is 36.5. The maximum Gasteiger partial charge on any atom is 0.231 e. The summed E-state index contributed by atoms with van der Waals surface area (Å²) in [5, 5.41) is 0. The summed E-state index contributed by atoms with van der Waals surface area (Å²) in [7, 11) is 0. The summed E-state index contributed by atoms with van der Waals surface area (Å²) in [6.45, 7) is 5.48. The van der Waals surface area contributed by atoms with E-state index in [1.54, 1.807) is 6.33 Å². The van der Waals surface area contributed by atoms with Gasteiger partial charge in [-0.2, -0.15) is 0 Å². The Bertz CT molecular complexity index is 711. The van der Waals surface area contributed by atoms with Gasteiger partial charge < -0.3 is 9.64 Å². The van der Waals surface area contributed by atoms with E-state index >= 15 is 0 Å². The number of likely N-dealkylation sites (tertiary alicyclic amines) is 2. The highest BCUT2D eigenvalue weighted by Gasteiger charge is 2.56. The van der Waals surface area contributed by atoms with Gasteiger partial charge in [-0.15, -0.1) is 0 Å². The molecule has 1 saturated carbocycles. The zero-order chi connectivity index (χ0) is 17.7. The van der Waals surface area contributed by atoms with Crippen molar-refractivity contribution in [1.82, 2.24) is 19.8 Å². The number of amides is 1. The third-order valence-electron chi connectivity index (χ3n) is 7.09. The van der Waals surface area contributed by atoms with Crippen molar-refractivity contribution in [3.05, 3.63) is 23.8 Å². The lowest BCUT2D eigenvalue weighted by Crippen LogP contribution is -2.55. The van der Waals surface area contributed by atoms with Gasteiger partial charge in [0.1, 0.15) is 6.33 Å². The van der Waals surface area contributed by atoms with Gasteiger partial charge in [0, 0.05) is 44.0 Å². The Kier molecular flexibility index (Phi) is 4.01. The molecule has 6 heteroatoms. The monoisotopic (exact) mass is 356 g/mol. The van der Waals surface area contributed by atoms with Crippen LogP contribution in [0.15, 0.2) is 12.4 Å². The topological polar surface area (TPSA) is 58.6 Å². The van der Waals surface area contributed by atoms with E-state index in [-0.39, 0.29) is 11.5 Å². The summed E-state index contributed by atoms with van der Waals surface area (Å²) in [6, 6.07) is 2.91. The first-order valence-electron chi connectivity index (χ1n) is 10.1. The van der Waals surface area contributed by atoms with Gasteiger partial charge in [0.05, 0.1) is 17.2 Å². The number of carbonyl (C=O) groups is 1. The fourth-order valence-corrected chi connectivity index (χ4v) is 5.75. The minimum atomic E-state index is -0.211. The molecule has 140 valence electrons. The molecule has 4 aliphatic rings. The lowest BCUT2D eigenvalue weighted by Gasteiger charge is -2.43. The molecule has 2 unspecified atom stereocenters. The lowest BCUT2D eigenvalue weighted by atomic mass is 9.70. The van der Waals surface area contributed by atoms with E-state index in [9.17, 15) is 4.79 Å². The predicted octanol–water partition coefficient (Wildman–Crippen LogP) is 1.92. The maximum absolute atomic E-state index is 13.5. The second kappa shape index (κ2) is 6.27. The highest BCUT2D eigenvalue weighted by molar-refractivity contribution is 5.84. The molecule has 0 aromatic carbocycles. The van der Waals surface area contributed by atoms with Crippen LogP contribution in [-0.2, 0) is 16.1 Å². The Morgan fingerprint density at radius 3 is 3.00 bits per heavy atom. The Morgan fingerprint density at radius 1 is 1.27 bits per heavy atom. The number of piperazine rings is 1. The SMILES string of the molecule is Cc1cc(CN2C[C@@H]3C[C@H]2CN3C(=O)C23CCCCC2OCC3)ncn1. The van der Waals surface area contributed by atoms with Gasteiger partial charge >= 0.3 is 0 Å². The van der Waals surface area contributed by atoms with Crippen LogP contribution in [0, 0.1) is 12.3 Å². The van der Waals surface area contributed by atoms with Gasteiger partial charge in [-0.1, -0.05) is 12.8 Å². The molecule has 1 aromatic rings. The van der Waals surface area contributed by atoms with Gasteiger partial charge in [0.15, 0.2) is 0 Å². The number of carbonyl (C=O) groups excluding carboxylic acids is 1. The van der Waals surface area contributed by atoms with Gasteiger partial charge in [-0.25, -0.2) is 9.97 Å². The molecule has 3 aliphatic heterocycles. The second-order valence-corrected chi connectivity index (χ2v) is 8.59. The van der Waals surface area contributed by atoms with Crippen LogP contribution >= 0.6 is 0 Å². The number of hydrogen-bond acceptors (Lipinski definition) is 5. The van der Waals surface area contributed by atoms with E-state index < -0.39 is 0 Å². The van der Waals surface area contributed by atoms with Gasteiger partial charge in [0.2, 0.25) is 5.91 Å². The van der Waals surface area contributed by atoms with Crippen LogP contribution < -0.4 is 0 Å².